The summed E-state index contributed by atoms with van der Waals surface area (Å²) in [5.74, 6) is 0. The van der Waals surface area contributed by atoms with Crippen LogP contribution in [0.3, 0.4) is 0 Å². The molecule has 122 valence electrons. The van der Waals surface area contributed by atoms with Crippen molar-refractivity contribution >= 4 is 25.7 Å². The van der Waals surface area contributed by atoms with Crippen LogP contribution in [-0.4, -0.2) is 9.76 Å². The van der Waals surface area contributed by atoms with Crippen molar-refractivity contribution in [3.05, 3.63) is 114 Å². The lowest BCUT2D eigenvalue weighted by atomic mass is 10.0. The monoisotopic (exact) mass is 340 g/mol. The zero-order valence-electron chi connectivity index (χ0n) is 14.0. The Morgan fingerprint density at radius 2 is 1.12 bits per heavy atom. The second-order valence-corrected chi connectivity index (χ2v) is 7.53. The van der Waals surface area contributed by atoms with Crippen molar-refractivity contribution in [3.8, 4) is 0 Å². The normalized spacial score (nSPS) is 11.6. The second kappa shape index (κ2) is 7.47. The minimum absolute atomic E-state index is 0.00645. The Kier molecular flexibility index (Phi) is 4.73. The fourth-order valence-electron chi connectivity index (χ4n) is 3.23. The van der Waals surface area contributed by atoms with Crippen molar-refractivity contribution in [1.82, 2.24) is 0 Å². The van der Waals surface area contributed by atoms with Crippen LogP contribution >= 0.6 is 0 Å². The van der Waals surface area contributed by atoms with Gasteiger partial charge in [-0.1, -0.05) is 103 Å². The molecule has 0 bridgehead atoms. The average Bonchev–Trinajstić information content (AvgIpc) is 2.70. The van der Waals surface area contributed by atoms with Crippen molar-refractivity contribution < 1.29 is 4.43 Å². The molecular formula is C23H20OSi. The minimum atomic E-state index is -0.868. The fourth-order valence-corrected chi connectivity index (χ4v) is 4.67. The highest BCUT2D eigenvalue weighted by Gasteiger charge is 2.15. The maximum absolute atomic E-state index is 6.55. The molecule has 0 aliphatic heterocycles. The summed E-state index contributed by atoms with van der Waals surface area (Å²) in [6.45, 7) is 0. The van der Waals surface area contributed by atoms with Crippen molar-refractivity contribution in [2.75, 3.05) is 0 Å². The summed E-state index contributed by atoms with van der Waals surface area (Å²) in [5.41, 5.74) is 2.42. The third-order valence-corrected chi connectivity index (χ3v) is 5.92. The van der Waals surface area contributed by atoms with Crippen LogP contribution in [0.15, 0.2) is 103 Å². The van der Waals surface area contributed by atoms with Gasteiger partial charge >= 0.3 is 0 Å². The second-order valence-electron chi connectivity index (χ2n) is 6.15. The van der Waals surface area contributed by atoms with Gasteiger partial charge in [0.2, 0.25) is 0 Å². The SMILES string of the molecule is c1ccc(C(O[SiH2]c2cccc3ccccc23)c2ccccc2)cc1. The Labute approximate surface area is 150 Å². The van der Waals surface area contributed by atoms with E-state index in [1.54, 1.807) is 0 Å². The smallest absolute Gasteiger partial charge is 0.194 e. The first-order valence-corrected chi connectivity index (χ1v) is 9.88. The van der Waals surface area contributed by atoms with Crippen LogP contribution in [0.1, 0.15) is 17.2 Å². The van der Waals surface area contributed by atoms with Gasteiger partial charge in [-0.25, -0.2) is 0 Å². The lowest BCUT2D eigenvalue weighted by Gasteiger charge is -2.20. The molecule has 0 fully saturated rings. The molecular weight excluding hydrogens is 320 g/mol. The van der Waals surface area contributed by atoms with Crippen LogP contribution in [0.25, 0.3) is 10.8 Å². The van der Waals surface area contributed by atoms with E-state index in [4.69, 9.17) is 4.43 Å². The lowest BCUT2D eigenvalue weighted by Crippen LogP contribution is -2.21. The van der Waals surface area contributed by atoms with E-state index in [-0.39, 0.29) is 6.10 Å². The average molecular weight is 340 g/mol. The molecule has 0 aliphatic rings. The first-order chi connectivity index (χ1) is 12.4. The largest absolute Gasteiger partial charge is 0.408 e. The molecule has 0 atom stereocenters. The Hall–Kier alpha value is -2.68. The van der Waals surface area contributed by atoms with Crippen LogP contribution in [0.5, 0.6) is 0 Å². The number of hydrogen-bond acceptors (Lipinski definition) is 1. The third-order valence-electron chi connectivity index (χ3n) is 4.49. The maximum atomic E-state index is 6.55. The summed E-state index contributed by atoms with van der Waals surface area (Å²) in [6.07, 6.45) is -0.00645. The molecule has 0 saturated carbocycles. The zero-order chi connectivity index (χ0) is 16.9. The predicted octanol–water partition coefficient (Wildman–Crippen LogP) is 4.36. The Morgan fingerprint density at radius 3 is 1.80 bits per heavy atom. The lowest BCUT2D eigenvalue weighted by molar-refractivity contribution is 0.266. The Morgan fingerprint density at radius 1 is 0.560 bits per heavy atom. The van der Waals surface area contributed by atoms with Gasteiger partial charge in [0.25, 0.3) is 0 Å². The first kappa shape index (κ1) is 15.8. The van der Waals surface area contributed by atoms with E-state index >= 15 is 0 Å². The topological polar surface area (TPSA) is 9.23 Å². The van der Waals surface area contributed by atoms with Crippen LogP contribution in [0.4, 0.5) is 0 Å². The summed E-state index contributed by atoms with van der Waals surface area (Å²) in [4.78, 5) is 0. The van der Waals surface area contributed by atoms with Gasteiger partial charge < -0.3 is 4.43 Å². The van der Waals surface area contributed by atoms with Crippen molar-refractivity contribution in [2.24, 2.45) is 0 Å². The summed E-state index contributed by atoms with van der Waals surface area (Å²) in [7, 11) is -0.868. The number of rotatable bonds is 5. The molecule has 1 nitrogen and oxygen atoms in total. The third kappa shape index (κ3) is 3.55. The van der Waals surface area contributed by atoms with E-state index in [1.807, 2.05) is 12.1 Å². The summed E-state index contributed by atoms with van der Waals surface area (Å²) < 4.78 is 6.55. The summed E-state index contributed by atoms with van der Waals surface area (Å²) >= 11 is 0. The van der Waals surface area contributed by atoms with Crippen LogP contribution in [0, 0.1) is 0 Å². The molecule has 4 aromatic rings. The van der Waals surface area contributed by atoms with Gasteiger partial charge in [0.1, 0.15) is 0 Å². The van der Waals surface area contributed by atoms with Gasteiger partial charge in [-0.15, -0.1) is 0 Å². The van der Waals surface area contributed by atoms with Gasteiger partial charge in [0.15, 0.2) is 9.76 Å². The van der Waals surface area contributed by atoms with Gasteiger partial charge in [0, 0.05) is 0 Å². The fraction of sp³-hybridized carbons (Fsp3) is 0.0435. The van der Waals surface area contributed by atoms with E-state index < -0.39 is 9.76 Å². The highest BCUT2D eigenvalue weighted by Crippen LogP contribution is 2.25. The standard InChI is InChI=1S/C23H20OSi/c1-3-11-19(12-4-1)23(20-13-5-2-6-14-20)24-25-22-17-9-15-18-10-7-8-16-21(18)22/h1-17,23H,25H2. The molecule has 4 rings (SSSR count). The molecule has 4 aromatic carbocycles. The Balaban J connectivity index is 1.65. The quantitative estimate of drug-likeness (QED) is 0.491. The molecule has 0 radical (unpaired) electrons. The molecule has 0 saturated heterocycles. The van der Waals surface area contributed by atoms with Gasteiger partial charge in [0.05, 0.1) is 6.10 Å². The summed E-state index contributed by atoms with van der Waals surface area (Å²) in [6, 6.07) is 36.1. The molecule has 0 aliphatic carbocycles. The van der Waals surface area contributed by atoms with Gasteiger partial charge in [-0.2, -0.15) is 0 Å². The van der Waals surface area contributed by atoms with Crippen molar-refractivity contribution in [3.63, 3.8) is 0 Å². The molecule has 2 heteroatoms. The van der Waals surface area contributed by atoms with Gasteiger partial charge in [-0.3, -0.25) is 0 Å². The van der Waals surface area contributed by atoms with E-state index in [9.17, 15) is 0 Å². The van der Waals surface area contributed by atoms with E-state index in [0.29, 0.717) is 0 Å². The molecule has 0 aromatic heterocycles. The van der Waals surface area contributed by atoms with E-state index in [1.165, 1.54) is 27.1 Å². The number of hydrogen-bond donors (Lipinski definition) is 0. The van der Waals surface area contributed by atoms with E-state index in [0.717, 1.165) is 0 Å². The predicted molar refractivity (Wildman–Crippen MR) is 108 cm³/mol. The minimum Gasteiger partial charge on any atom is -0.408 e. The van der Waals surface area contributed by atoms with Crippen LogP contribution in [-0.2, 0) is 4.43 Å². The highest BCUT2D eigenvalue weighted by atomic mass is 28.2. The number of benzene rings is 4. The first-order valence-electron chi connectivity index (χ1n) is 8.60. The van der Waals surface area contributed by atoms with Crippen molar-refractivity contribution in [1.29, 1.82) is 0 Å². The van der Waals surface area contributed by atoms with E-state index in [2.05, 4.69) is 91.0 Å². The van der Waals surface area contributed by atoms with Gasteiger partial charge in [-0.05, 0) is 27.1 Å². The van der Waals surface area contributed by atoms with Crippen LogP contribution in [0.2, 0.25) is 0 Å². The summed E-state index contributed by atoms with van der Waals surface area (Å²) in [5, 5.41) is 3.96. The number of fused-ring (bicyclic) bond motifs is 1. The molecule has 0 heterocycles. The zero-order valence-corrected chi connectivity index (χ0v) is 15.4. The molecule has 0 amide bonds. The van der Waals surface area contributed by atoms with Crippen LogP contribution < -0.4 is 5.19 Å². The molecule has 0 N–H and O–H groups in total. The van der Waals surface area contributed by atoms with Crippen molar-refractivity contribution in [2.45, 2.75) is 6.10 Å². The highest BCUT2D eigenvalue weighted by molar-refractivity contribution is 6.51. The molecule has 0 unspecified atom stereocenters. The Bertz CT molecular complexity index is 906. The maximum Gasteiger partial charge on any atom is 0.194 e. The molecule has 25 heavy (non-hydrogen) atoms. The molecule has 0 spiro atoms.